The van der Waals surface area contributed by atoms with Gasteiger partial charge in [-0.05, 0) is 76.6 Å². The molecule has 0 aliphatic rings. The number of rotatable bonds is 8. The molecular weight excluding hydrogens is 236 g/mol. The van der Waals surface area contributed by atoms with Crippen LogP contribution in [0, 0.1) is 13.8 Å². The SMILES string of the molecule is CNCCCN(C)CCc1ccc(OC)c(C)c1C. The summed E-state index contributed by atoms with van der Waals surface area (Å²) >= 11 is 0. The predicted octanol–water partition coefficient (Wildman–Crippen LogP) is 2.40. The second-order valence-corrected chi connectivity index (χ2v) is 5.19. The zero-order valence-corrected chi connectivity index (χ0v) is 13.0. The molecule has 3 nitrogen and oxygen atoms in total. The number of hydrogen-bond acceptors (Lipinski definition) is 3. The Labute approximate surface area is 118 Å². The van der Waals surface area contributed by atoms with Crippen molar-refractivity contribution in [1.29, 1.82) is 0 Å². The Kier molecular flexibility index (Phi) is 6.89. The van der Waals surface area contributed by atoms with Crippen LogP contribution in [0.5, 0.6) is 5.75 Å². The summed E-state index contributed by atoms with van der Waals surface area (Å²) in [6.07, 6.45) is 2.31. The average Bonchev–Trinajstić information content (AvgIpc) is 2.41. The molecule has 0 aromatic heterocycles. The fourth-order valence-corrected chi connectivity index (χ4v) is 2.29. The highest BCUT2D eigenvalue weighted by atomic mass is 16.5. The summed E-state index contributed by atoms with van der Waals surface area (Å²) in [6, 6.07) is 4.28. The Morgan fingerprint density at radius 2 is 1.89 bits per heavy atom. The number of likely N-dealkylation sites (N-methyl/N-ethyl adjacent to an activating group) is 1. The molecule has 0 radical (unpaired) electrons. The lowest BCUT2D eigenvalue weighted by molar-refractivity contribution is 0.332. The van der Waals surface area contributed by atoms with Gasteiger partial charge in [0.25, 0.3) is 0 Å². The normalized spacial score (nSPS) is 11.1. The Hall–Kier alpha value is -1.06. The monoisotopic (exact) mass is 264 g/mol. The minimum absolute atomic E-state index is 0.989. The van der Waals surface area contributed by atoms with Gasteiger partial charge in [-0.15, -0.1) is 0 Å². The van der Waals surface area contributed by atoms with Crippen molar-refractivity contribution in [2.24, 2.45) is 0 Å². The molecular formula is C16H28N2O. The molecule has 1 rings (SSSR count). The van der Waals surface area contributed by atoms with Crippen molar-refractivity contribution in [3.63, 3.8) is 0 Å². The van der Waals surface area contributed by atoms with E-state index in [-0.39, 0.29) is 0 Å². The zero-order valence-electron chi connectivity index (χ0n) is 13.0. The Bertz CT molecular complexity index is 391. The molecule has 0 aliphatic heterocycles. The van der Waals surface area contributed by atoms with E-state index in [2.05, 4.69) is 43.2 Å². The van der Waals surface area contributed by atoms with Gasteiger partial charge in [0.2, 0.25) is 0 Å². The van der Waals surface area contributed by atoms with E-state index in [0.29, 0.717) is 0 Å². The number of ether oxygens (including phenoxy) is 1. The molecule has 0 bridgehead atoms. The van der Waals surface area contributed by atoms with Crippen molar-refractivity contribution in [3.05, 3.63) is 28.8 Å². The summed E-state index contributed by atoms with van der Waals surface area (Å²) in [5, 5.41) is 3.19. The quantitative estimate of drug-likeness (QED) is 0.730. The maximum absolute atomic E-state index is 5.35. The number of nitrogens with zero attached hydrogens (tertiary/aromatic N) is 1. The molecule has 1 N–H and O–H groups in total. The van der Waals surface area contributed by atoms with Crippen molar-refractivity contribution >= 4 is 0 Å². The fraction of sp³-hybridized carbons (Fsp3) is 0.625. The van der Waals surface area contributed by atoms with E-state index in [1.165, 1.54) is 23.1 Å². The molecule has 3 heteroatoms. The first-order chi connectivity index (χ1) is 9.10. The van der Waals surface area contributed by atoms with E-state index in [0.717, 1.165) is 31.8 Å². The van der Waals surface area contributed by atoms with Gasteiger partial charge in [0.15, 0.2) is 0 Å². The van der Waals surface area contributed by atoms with Crippen LogP contribution < -0.4 is 10.1 Å². The van der Waals surface area contributed by atoms with Crippen molar-refractivity contribution < 1.29 is 4.74 Å². The summed E-state index contributed by atoms with van der Waals surface area (Å²) in [4.78, 5) is 2.40. The summed E-state index contributed by atoms with van der Waals surface area (Å²) in [5.41, 5.74) is 4.06. The first kappa shape index (κ1) is 16.0. The number of benzene rings is 1. The molecule has 0 unspecified atom stereocenters. The van der Waals surface area contributed by atoms with Gasteiger partial charge in [-0.2, -0.15) is 0 Å². The summed E-state index contributed by atoms with van der Waals surface area (Å²) in [7, 11) is 5.93. The zero-order chi connectivity index (χ0) is 14.3. The van der Waals surface area contributed by atoms with Gasteiger partial charge in [-0.3, -0.25) is 0 Å². The molecule has 0 saturated heterocycles. The van der Waals surface area contributed by atoms with Crippen LogP contribution in [-0.4, -0.2) is 45.7 Å². The first-order valence-electron chi connectivity index (χ1n) is 7.06. The average molecular weight is 264 g/mol. The van der Waals surface area contributed by atoms with E-state index >= 15 is 0 Å². The molecule has 0 saturated carbocycles. The van der Waals surface area contributed by atoms with Gasteiger partial charge < -0.3 is 15.0 Å². The second kappa shape index (κ2) is 8.18. The summed E-state index contributed by atoms with van der Waals surface area (Å²) in [6.45, 7) is 7.67. The smallest absolute Gasteiger partial charge is 0.122 e. The second-order valence-electron chi connectivity index (χ2n) is 5.19. The first-order valence-corrected chi connectivity index (χ1v) is 7.06. The molecule has 0 spiro atoms. The van der Waals surface area contributed by atoms with Gasteiger partial charge >= 0.3 is 0 Å². The van der Waals surface area contributed by atoms with Crippen LogP contribution in [0.4, 0.5) is 0 Å². The summed E-state index contributed by atoms with van der Waals surface area (Å²) < 4.78 is 5.35. The van der Waals surface area contributed by atoms with Gasteiger partial charge in [0.05, 0.1) is 7.11 Å². The number of nitrogens with one attached hydrogen (secondary N) is 1. The lowest BCUT2D eigenvalue weighted by Crippen LogP contribution is -2.25. The van der Waals surface area contributed by atoms with Crippen molar-refractivity contribution in [3.8, 4) is 5.75 Å². The molecule has 0 aliphatic carbocycles. The molecule has 0 fully saturated rings. The number of hydrogen-bond donors (Lipinski definition) is 1. The van der Waals surface area contributed by atoms with Crippen LogP contribution in [-0.2, 0) is 6.42 Å². The largest absolute Gasteiger partial charge is 0.496 e. The van der Waals surface area contributed by atoms with Gasteiger partial charge in [0.1, 0.15) is 5.75 Å². The maximum Gasteiger partial charge on any atom is 0.122 e. The highest BCUT2D eigenvalue weighted by Gasteiger charge is 2.07. The standard InChI is InChI=1S/C16H28N2O/c1-13-14(2)16(19-5)8-7-15(13)9-12-18(4)11-6-10-17-3/h7-8,17H,6,9-12H2,1-5H3. The molecule has 1 aromatic carbocycles. The van der Waals surface area contributed by atoms with Gasteiger partial charge in [-0.25, -0.2) is 0 Å². The fourth-order valence-electron chi connectivity index (χ4n) is 2.29. The van der Waals surface area contributed by atoms with E-state index < -0.39 is 0 Å². The van der Waals surface area contributed by atoms with Crippen LogP contribution >= 0.6 is 0 Å². The van der Waals surface area contributed by atoms with Crippen LogP contribution in [0.3, 0.4) is 0 Å². The Morgan fingerprint density at radius 3 is 2.53 bits per heavy atom. The Balaban J connectivity index is 2.51. The minimum atomic E-state index is 0.989. The van der Waals surface area contributed by atoms with Crippen LogP contribution in [0.15, 0.2) is 12.1 Å². The van der Waals surface area contributed by atoms with E-state index in [4.69, 9.17) is 4.74 Å². The van der Waals surface area contributed by atoms with E-state index in [1.54, 1.807) is 7.11 Å². The topological polar surface area (TPSA) is 24.5 Å². The molecule has 1 aromatic rings. The minimum Gasteiger partial charge on any atom is -0.496 e. The van der Waals surface area contributed by atoms with Crippen LogP contribution in [0.1, 0.15) is 23.1 Å². The van der Waals surface area contributed by atoms with Crippen molar-refractivity contribution in [2.75, 3.05) is 40.8 Å². The molecule has 19 heavy (non-hydrogen) atoms. The van der Waals surface area contributed by atoms with Crippen molar-refractivity contribution in [1.82, 2.24) is 10.2 Å². The lowest BCUT2D eigenvalue weighted by Gasteiger charge is -2.18. The highest BCUT2D eigenvalue weighted by molar-refractivity contribution is 5.43. The molecule has 0 amide bonds. The number of methoxy groups -OCH3 is 1. The van der Waals surface area contributed by atoms with Crippen LogP contribution in [0.2, 0.25) is 0 Å². The van der Waals surface area contributed by atoms with Crippen LogP contribution in [0.25, 0.3) is 0 Å². The summed E-state index contributed by atoms with van der Waals surface area (Å²) in [5.74, 6) is 0.989. The van der Waals surface area contributed by atoms with Crippen molar-refractivity contribution in [2.45, 2.75) is 26.7 Å². The third kappa shape index (κ3) is 4.84. The molecule has 108 valence electrons. The molecule has 0 atom stereocenters. The maximum atomic E-state index is 5.35. The van der Waals surface area contributed by atoms with Gasteiger partial charge in [0, 0.05) is 6.54 Å². The van der Waals surface area contributed by atoms with Gasteiger partial charge in [-0.1, -0.05) is 6.07 Å². The third-order valence-electron chi connectivity index (χ3n) is 3.80. The lowest BCUT2D eigenvalue weighted by atomic mass is 10.00. The molecule has 0 heterocycles. The Morgan fingerprint density at radius 1 is 1.16 bits per heavy atom. The predicted molar refractivity (Wildman–Crippen MR) is 82.2 cm³/mol. The highest BCUT2D eigenvalue weighted by Crippen LogP contribution is 2.24. The third-order valence-corrected chi connectivity index (χ3v) is 3.80. The van der Waals surface area contributed by atoms with E-state index in [1.807, 2.05) is 7.05 Å². The van der Waals surface area contributed by atoms with E-state index in [9.17, 15) is 0 Å².